The van der Waals surface area contributed by atoms with Crippen molar-refractivity contribution in [1.82, 2.24) is 9.78 Å². The number of rotatable bonds is 6. The monoisotopic (exact) mass is 375 g/mol. The van der Waals surface area contributed by atoms with Gasteiger partial charge in [0.05, 0.1) is 30.3 Å². The molecule has 0 radical (unpaired) electrons. The molecule has 0 unspecified atom stereocenters. The summed E-state index contributed by atoms with van der Waals surface area (Å²) in [6.07, 6.45) is 0.634. The largest absolute Gasteiger partial charge is 0.460 e. The van der Waals surface area contributed by atoms with E-state index in [1.54, 1.807) is 29.8 Å². The summed E-state index contributed by atoms with van der Waals surface area (Å²) in [4.78, 5) is 35.4. The SMILES string of the molecule is CCOC(=O)C(=O)c1ccc2c(C=O)nn(Cc3c(C)cccc3C#N)c2c1. The van der Waals surface area contributed by atoms with E-state index >= 15 is 0 Å². The summed E-state index contributed by atoms with van der Waals surface area (Å²) in [7, 11) is 0. The van der Waals surface area contributed by atoms with Crippen molar-refractivity contribution in [3.63, 3.8) is 0 Å². The minimum Gasteiger partial charge on any atom is -0.460 e. The molecular weight excluding hydrogens is 358 g/mol. The Morgan fingerprint density at radius 1 is 1.29 bits per heavy atom. The minimum absolute atomic E-state index is 0.101. The van der Waals surface area contributed by atoms with E-state index in [-0.39, 0.29) is 24.4 Å². The second-order valence-electron chi connectivity index (χ2n) is 6.16. The average molecular weight is 375 g/mol. The molecule has 0 aliphatic heterocycles. The first-order valence-corrected chi connectivity index (χ1v) is 8.66. The van der Waals surface area contributed by atoms with E-state index in [4.69, 9.17) is 4.74 Å². The highest BCUT2D eigenvalue weighted by atomic mass is 16.5. The summed E-state index contributed by atoms with van der Waals surface area (Å²) in [5.41, 5.74) is 3.08. The normalized spacial score (nSPS) is 10.5. The van der Waals surface area contributed by atoms with Gasteiger partial charge in [0.1, 0.15) is 5.69 Å². The van der Waals surface area contributed by atoms with Crippen LogP contribution in [0.2, 0.25) is 0 Å². The van der Waals surface area contributed by atoms with Crippen molar-refractivity contribution >= 4 is 28.9 Å². The Labute approximate surface area is 161 Å². The fourth-order valence-electron chi connectivity index (χ4n) is 3.03. The number of ether oxygens (including phenoxy) is 1. The number of carbonyl (C=O) groups is 3. The zero-order valence-electron chi connectivity index (χ0n) is 15.4. The highest BCUT2D eigenvalue weighted by Gasteiger charge is 2.20. The number of aromatic nitrogens is 2. The molecule has 0 aliphatic rings. The van der Waals surface area contributed by atoms with E-state index in [1.807, 2.05) is 13.0 Å². The summed E-state index contributed by atoms with van der Waals surface area (Å²) < 4.78 is 6.33. The van der Waals surface area contributed by atoms with Gasteiger partial charge in [0, 0.05) is 10.9 Å². The summed E-state index contributed by atoms with van der Waals surface area (Å²) in [5, 5.41) is 14.3. The van der Waals surface area contributed by atoms with E-state index in [1.165, 1.54) is 12.1 Å². The zero-order valence-corrected chi connectivity index (χ0v) is 15.4. The summed E-state index contributed by atoms with van der Waals surface area (Å²) >= 11 is 0. The van der Waals surface area contributed by atoms with Crippen molar-refractivity contribution in [2.75, 3.05) is 6.61 Å². The van der Waals surface area contributed by atoms with Crippen molar-refractivity contribution in [2.45, 2.75) is 20.4 Å². The highest BCUT2D eigenvalue weighted by Crippen LogP contribution is 2.23. The molecule has 7 heteroatoms. The minimum atomic E-state index is -0.936. The fraction of sp³-hybridized carbons (Fsp3) is 0.190. The van der Waals surface area contributed by atoms with Crippen molar-refractivity contribution in [3.8, 4) is 6.07 Å². The van der Waals surface area contributed by atoms with E-state index in [2.05, 4.69) is 11.2 Å². The Balaban J connectivity index is 2.12. The predicted octanol–water partition coefficient (Wildman–Crippen LogP) is 2.82. The van der Waals surface area contributed by atoms with Gasteiger partial charge in [0.2, 0.25) is 0 Å². The first-order chi connectivity index (χ1) is 13.5. The van der Waals surface area contributed by atoms with Gasteiger partial charge in [-0.15, -0.1) is 0 Å². The number of hydrogen-bond acceptors (Lipinski definition) is 6. The number of aldehydes is 1. The number of fused-ring (bicyclic) bond motifs is 1. The van der Waals surface area contributed by atoms with E-state index in [0.29, 0.717) is 22.8 Å². The smallest absolute Gasteiger partial charge is 0.379 e. The number of ketones is 1. The number of nitriles is 1. The molecule has 0 fully saturated rings. The molecule has 7 nitrogen and oxygen atoms in total. The first kappa shape index (κ1) is 19.0. The Bertz CT molecular complexity index is 1140. The number of aryl methyl sites for hydroxylation is 1. The standard InChI is InChI=1S/C21H17N3O4/c1-3-28-21(27)20(26)14-7-8-16-18(12-25)23-24(19(16)9-14)11-17-13(2)5-4-6-15(17)10-22/h4-9,12H,3,11H2,1-2H3. The second-order valence-corrected chi connectivity index (χ2v) is 6.16. The molecule has 0 amide bonds. The molecule has 2 aromatic carbocycles. The molecule has 3 rings (SSSR count). The van der Waals surface area contributed by atoms with Gasteiger partial charge in [-0.05, 0) is 49.2 Å². The fourth-order valence-corrected chi connectivity index (χ4v) is 3.03. The van der Waals surface area contributed by atoms with Gasteiger partial charge in [0.25, 0.3) is 5.78 Å². The molecule has 1 heterocycles. The van der Waals surface area contributed by atoms with Crippen molar-refractivity contribution in [1.29, 1.82) is 5.26 Å². The number of benzene rings is 2. The van der Waals surface area contributed by atoms with E-state index < -0.39 is 11.8 Å². The third-order valence-electron chi connectivity index (χ3n) is 4.45. The third-order valence-corrected chi connectivity index (χ3v) is 4.45. The number of carbonyl (C=O) groups excluding carboxylic acids is 3. The lowest BCUT2D eigenvalue weighted by Gasteiger charge is -2.09. The van der Waals surface area contributed by atoms with Crippen molar-refractivity contribution in [2.24, 2.45) is 0 Å². The molecule has 1 aromatic heterocycles. The molecule has 0 atom stereocenters. The first-order valence-electron chi connectivity index (χ1n) is 8.66. The maximum Gasteiger partial charge on any atom is 0.379 e. The number of nitrogens with zero attached hydrogens (tertiary/aromatic N) is 3. The molecule has 140 valence electrons. The molecule has 28 heavy (non-hydrogen) atoms. The molecule has 0 saturated carbocycles. The molecular formula is C21H17N3O4. The van der Waals surface area contributed by atoms with Gasteiger partial charge in [0.15, 0.2) is 6.29 Å². The van der Waals surface area contributed by atoms with Crippen LogP contribution in [0.5, 0.6) is 0 Å². The van der Waals surface area contributed by atoms with Gasteiger partial charge in [-0.2, -0.15) is 10.4 Å². The van der Waals surface area contributed by atoms with Crippen LogP contribution < -0.4 is 0 Å². The van der Waals surface area contributed by atoms with Gasteiger partial charge < -0.3 is 4.74 Å². The zero-order chi connectivity index (χ0) is 20.3. The van der Waals surface area contributed by atoms with Crippen LogP contribution in [-0.2, 0) is 16.1 Å². The third kappa shape index (κ3) is 3.40. The van der Waals surface area contributed by atoms with Crippen LogP contribution in [0.25, 0.3) is 10.9 Å². The lowest BCUT2D eigenvalue weighted by atomic mass is 10.0. The van der Waals surface area contributed by atoms with Gasteiger partial charge in [-0.25, -0.2) is 4.79 Å². The van der Waals surface area contributed by atoms with Crippen LogP contribution in [0.3, 0.4) is 0 Å². The molecule has 3 aromatic rings. The van der Waals surface area contributed by atoms with Crippen LogP contribution >= 0.6 is 0 Å². The van der Waals surface area contributed by atoms with Crippen LogP contribution in [0.15, 0.2) is 36.4 Å². The molecule has 0 bridgehead atoms. The average Bonchev–Trinajstić information content (AvgIpc) is 3.06. The Morgan fingerprint density at radius 2 is 2.07 bits per heavy atom. The maximum atomic E-state index is 12.3. The predicted molar refractivity (Wildman–Crippen MR) is 101 cm³/mol. The Kier molecular flexibility index (Phi) is 5.32. The van der Waals surface area contributed by atoms with Crippen molar-refractivity contribution in [3.05, 3.63) is 64.3 Å². The van der Waals surface area contributed by atoms with E-state index in [0.717, 1.165) is 11.1 Å². The number of hydrogen-bond donors (Lipinski definition) is 0. The van der Waals surface area contributed by atoms with Crippen LogP contribution in [0, 0.1) is 18.3 Å². The van der Waals surface area contributed by atoms with Crippen molar-refractivity contribution < 1.29 is 19.1 Å². The Morgan fingerprint density at radius 3 is 2.75 bits per heavy atom. The number of Topliss-reactive ketones (excluding diaryl/α,β-unsaturated/α-hetero) is 1. The molecule has 0 saturated heterocycles. The van der Waals surface area contributed by atoms with Crippen LogP contribution in [0.1, 0.15) is 44.5 Å². The van der Waals surface area contributed by atoms with E-state index in [9.17, 15) is 19.6 Å². The lowest BCUT2D eigenvalue weighted by molar-refractivity contribution is -0.137. The number of esters is 1. The lowest BCUT2D eigenvalue weighted by Crippen LogP contribution is -2.17. The second kappa shape index (κ2) is 7.84. The summed E-state index contributed by atoms with van der Waals surface area (Å²) in [6, 6.07) is 12.1. The van der Waals surface area contributed by atoms with Crippen LogP contribution in [-0.4, -0.2) is 34.4 Å². The van der Waals surface area contributed by atoms with Gasteiger partial charge in [-0.1, -0.05) is 12.1 Å². The molecule has 0 aliphatic carbocycles. The highest BCUT2D eigenvalue weighted by molar-refractivity contribution is 6.40. The summed E-state index contributed by atoms with van der Waals surface area (Å²) in [6.45, 7) is 3.86. The topological polar surface area (TPSA) is 102 Å². The van der Waals surface area contributed by atoms with Gasteiger partial charge >= 0.3 is 5.97 Å². The Hall–Kier alpha value is -3.79. The summed E-state index contributed by atoms with van der Waals surface area (Å²) in [5.74, 6) is -1.70. The van der Waals surface area contributed by atoms with Gasteiger partial charge in [-0.3, -0.25) is 14.3 Å². The molecule has 0 spiro atoms. The van der Waals surface area contributed by atoms with Crippen LogP contribution in [0.4, 0.5) is 0 Å². The molecule has 0 N–H and O–H groups in total. The quantitative estimate of drug-likeness (QED) is 0.284. The maximum absolute atomic E-state index is 12.3.